The zero-order valence-corrected chi connectivity index (χ0v) is 19.4. The van der Waals surface area contributed by atoms with Crippen LogP contribution in [-0.2, 0) is 0 Å². The van der Waals surface area contributed by atoms with E-state index in [9.17, 15) is 0 Å². The molecule has 0 atom stereocenters. The third-order valence-corrected chi connectivity index (χ3v) is 5.99. The van der Waals surface area contributed by atoms with Crippen molar-refractivity contribution in [2.75, 3.05) is 19.6 Å². The maximum absolute atomic E-state index is 4.68. The van der Waals surface area contributed by atoms with Gasteiger partial charge in [-0.1, -0.05) is 116 Å². The van der Waals surface area contributed by atoms with Gasteiger partial charge in [-0.05, 0) is 25.3 Å². The predicted octanol–water partition coefficient (Wildman–Crippen LogP) is 8.32. The molecule has 1 heterocycles. The minimum absolute atomic E-state index is 0.992. The van der Waals surface area contributed by atoms with E-state index < -0.39 is 0 Å². The molecule has 0 saturated carbocycles. The quantitative estimate of drug-likeness (QED) is 0.191. The summed E-state index contributed by atoms with van der Waals surface area (Å²) < 4.78 is 0. The lowest BCUT2D eigenvalue weighted by Gasteiger charge is -2.18. The van der Waals surface area contributed by atoms with Gasteiger partial charge in [0.15, 0.2) is 0 Å². The number of amidine groups is 1. The number of unbranched alkanes of at least 4 members (excludes halogenated alkanes) is 16. The van der Waals surface area contributed by atoms with Gasteiger partial charge in [-0.2, -0.15) is 0 Å². The van der Waals surface area contributed by atoms with Crippen molar-refractivity contribution >= 4 is 5.84 Å². The maximum Gasteiger partial charge on any atom is 0.123 e. The van der Waals surface area contributed by atoms with Crippen molar-refractivity contribution in [3.05, 3.63) is 12.2 Å². The molecular formula is C26H50N2. The van der Waals surface area contributed by atoms with Gasteiger partial charge in [-0.25, -0.2) is 0 Å². The molecule has 0 saturated heterocycles. The van der Waals surface area contributed by atoms with E-state index in [1.165, 1.54) is 128 Å². The van der Waals surface area contributed by atoms with Gasteiger partial charge < -0.3 is 4.90 Å². The van der Waals surface area contributed by atoms with Crippen molar-refractivity contribution in [3.8, 4) is 0 Å². The van der Waals surface area contributed by atoms with Crippen LogP contribution < -0.4 is 0 Å². The Morgan fingerprint density at radius 2 is 1.18 bits per heavy atom. The van der Waals surface area contributed by atoms with Gasteiger partial charge in [-0.3, -0.25) is 4.99 Å². The van der Waals surface area contributed by atoms with Gasteiger partial charge in [0.2, 0.25) is 0 Å². The first-order valence-electron chi connectivity index (χ1n) is 12.8. The molecule has 0 aromatic rings. The summed E-state index contributed by atoms with van der Waals surface area (Å²) in [5.41, 5.74) is 0. The second-order valence-electron chi connectivity index (χ2n) is 8.72. The molecule has 0 spiro atoms. The third kappa shape index (κ3) is 14.2. The van der Waals surface area contributed by atoms with E-state index in [0.717, 1.165) is 13.1 Å². The Morgan fingerprint density at radius 3 is 1.75 bits per heavy atom. The number of rotatable bonds is 20. The Labute approximate surface area is 177 Å². The lowest BCUT2D eigenvalue weighted by molar-refractivity contribution is 0.435. The molecule has 0 amide bonds. The van der Waals surface area contributed by atoms with E-state index in [4.69, 9.17) is 0 Å². The first-order chi connectivity index (χ1) is 13.9. The molecule has 164 valence electrons. The summed E-state index contributed by atoms with van der Waals surface area (Å²) in [4.78, 5) is 7.16. The molecule has 0 aliphatic carbocycles. The highest BCUT2D eigenvalue weighted by Crippen LogP contribution is 2.13. The monoisotopic (exact) mass is 390 g/mol. The normalized spacial score (nSPS) is 14.4. The zero-order valence-electron chi connectivity index (χ0n) is 19.4. The van der Waals surface area contributed by atoms with Crippen molar-refractivity contribution in [1.82, 2.24) is 4.90 Å². The van der Waals surface area contributed by atoms with Gasteiger partial charge in [0.25, 0.3) is 0 Å². The van der Waals surface area contributed by atoms with Crippen LogP contribution in [0.3, 0.4) is 0 Å². The highest BCUT2D eigenvalue weighted by molar-refractivity contribution is 5.94. The van der Waals surface area contributed by atoms with E-state index in [0.29, 0.717) is 0 Å². The lowest BCUT2D eigenvalue weighted by Crippen LogP contribution is -2.27. The van der Waals surface area contributed by atoms with Crippen LogP contribution in [-0.4, -0.2) is 30.4 Å². The minimum Gasteiger partial charge on any atom is -0.355 e. The van der Waals surface area contributed by atoms with Gasteiger partial charge in [-0.15, -0.1) is 0 Å². The van der Waals surface area contributed by atoms with E-state index in [1.807, 2.05) is 0 Å². The number of aliphatic imine (C=N–C) groups is 1. The topological polar surface area (TPSA) is 15.6 Å². The Kier molecular flexibility index (Phi) is 17.6. The van der Waals surface area contributed by atoms with Crippen LogP contribution in [0.25, 0.3) is 0 Å². The first kappa shape index (κ1) is 25.2. The highest BCUT2D eigenvalue weighted by Gasteiger charge is 2.13. The Balaban J connectivity index is 1.87. The standard InChI is InChI=1S/C26H50N2/c1-3-5-7-9-10-11-12-13-14-15-16-17-18-19-20-22-26-27-23-25-28(26)24-21-8-6-4-2/h20,22H,3-19,21,23-25H2,1-2H3. The first-order valence-corrected chi connectivity index (χ1v) is 12.8. The van der Waals surface area contributed by atoms with Crippen LogP contribution in [0.4, 0.5) is 0 Å². The van der Waals surface area contributed by atoms with Crippen LogP contribution in [0.2, 0.25) is 0 Å². The summed E-state index contributed by atoms with van der Waals surface area (Å²) in [5, 5.41) is 0. The van der Waals surface area contributed by atoms with E-state index in [1.54, 1.807) is 0 Å². The van der Waals surface area contributed by atoms with Gasteiger partial charge >= 0.3 is 0 Å². The number of nitrogens with zero attached hydrogens (tertiary/aromatic N) is 2. The summed E-state index contributed by atoms with van der Waals surface area (Å²) in [6.45, 7) is 7.89. The van der Waals surface area contributed by atoms with Gasteiger partial charge in [0.05, 0.1) is 6.54 Å². The zero-order chi connectivity index (χ0) is 20.1. The van der Waals surface area contributed by atoms with Crippen LogP contribution in [0.1, 0.15) is 129 Å². The summed E-state index contributed by atoms with van der Waals surface area (Å²) >= 11 is 0. The molecule has 0 aromatic carbocycles. The number of hydrogen-bond acceptors (Lipinski definition) is 2. The lowest BCUT2D eigenvalue weighted by atomic mass is 10.0. The summed E-state index contributed by atoms with van der Waals surface area (Å²) in [7, 11) is 0. The molecule has 28 heavy (non-hydrogen) atoms. The Hall–Kier alpha value is -0.790. The summed E-state index contributed by atoms with van der Waals surface area (Å²) in [6, 6.07) is 0. The molecule has 0 N–H and O–H groups in total. The third-order valence-electron chi connectivity index (χ3n) is 5.99. The summed E-state index contributed by atoms with van der Waals surface area (Å²) in [6.07, 6.45) is 29.9. The molecule has 2 nitrogen and oxygen atoms in total. The van der Waals surface area contributed by atoms with Crippen LogP contribution in [0.5, 0.6) is 0 Å². The predicted molar refractivity (Wildman–Crippen MR) is 127 cm³/mol. The highest BCUT2D eigenvalue weighted by atomic mass is 15.2. The maximum atomic E-state index is 4.68. The second kappa shape index (κ2) is 19.5. The molecular weight excluding hydrogens is 340 g/mol. The molecule has 2 heteroatoms. The van der Waals surface area contributed by atoms with Crippen molar-refractivity contribution in [1.29, 1.82) is 0 Å². The number of hydrogen-bond donors (Lipinski definition) is 0. The van der Waals surface area contributed by atoms with Crippen molar-refractivity contribution in [2.45, 2.75) is 129 Å². The molecule has 0 radical (unpaired) electrons. The Bertz CT molecular complexity index is 386. The van der Waals surface area contributed by atoms with Crippen molar-refractivity contribution in [2.24, 2.45) is 4.99 Å². The van der Waals surface area contributed by atoms with Crippen LogP contribution in [0.15, 0.2) is 17.1 Å². The van der Waals surface area contributed by atoms with E-state index in [-0.39, 0.29) is 0 Å². The fourth-order valence-electron chi connectivity index (χ4n) is 4.08. The van der Waals surface area contributed by atoms with E-state index in [2.05, 4.69) is 35.9 Å². The molecule has 0 fully saturated rings. The smallest absolute Gasteiger partial charge is 0.123 e. The summed E-state index contributed by atoms with van der Waals surface area (Å²) in [5.74, 6) is 1.24. The molecule has 0 unspecified atom stereocenters. The molecule has 1 aliphatic heterocycles. The fraction of sp³-hybridized carbons (Fsp3) is 0.885. The van der Waals surface area contributed by atoms with Crippen molar-refractivity contribution < 1.29 is 0 Å². The largest absolute Gasteiger partial charge is 0.355 e. The van der Waals surface area contributed by atoms with Gasteiger partial charge in [0.1, 0.15) is 5.84 Å². The SMILES string of the molecule is CCCCCCCCCCCCCCCC=CC1=NCCN1CCCCCC. The number of allylic oxidation sites excluding steroid dienone is 1. The fourth-order valence-corrected chi connectivity index (χ4v) is 4.08. The van der Waals surface area contributed by atoms with Crippen LogP contribution >= 0.6 is 0 Å². The second-order valence-corrected chi connectivity index (χ2v) is 8.72. The van der Waals surface area contributed by atoms with Crippen molar-refractivity contribution in [3.63, 3.8) is 0 Å². The molecule has 1 aliphatic rings. The van der Waals surface area contributed by atoms with Gasteiger partial charge in [0, 0.05) is 13.1 Å². The Morgan fingerprint density at radius 1 is 0.679 bits per heavy atom. The molecule has 0 aromatic heterocycles. The average Bonchev–Trinajstić information content (AvgIpc) is 3.15. The molecule has 1 rings (SSSR count). The average molecular weight is 391 g/mol. The minimum atomic E-state index is 0.992. The molecule has 0 bridgehead atoms. The van der Waals surface area contributed by atoms with E-state index >= 15 is 0 Å². The van der Waals surface area contributed by atoms with Crippen LogP contribution in [0, 0.1) is 0 Å².